The number of carbonyl (C=O) groups is 2. The molecule has 3 rings (SSSR count). The SMILES string of the molecule is N#Cc1ccc(N2N=C(NC(=O)c3cccc(Cl)c3)CC2=O)cc1. The highest BCUT2D eigenvalue weighted by atomic mass is 35.5. The molecule has 0 atom stereocenters. The first kappa shape index (κ1) is 15.7. The van der Waals surface area contributed by atoms with Crippen LogP contribution >= 0.6 is 11.6 Å². The molecule has 0 fully saturated rings. The molecule has 2 aromatic carbocycles. The van der Waals surface area contributed by atoms with Crippen molar-refractivity contribution in [1.82, 2.24) is 5.32 Å². The number of hydrogen-bond donors (Lipinski definition) is 1. The van der Waals surface area contributed by atoms with Crippen LogP contribution in [0.2, 0.25) is 5.02 Å². The maximum Gasteiger partial charge on any atom is 0.256 e. The lowest BCUT2D eigenvalue weighted by Crippen LogP contribution is -2.29. The molecular formula is C17H11ClN4O2. The summed E-state index contributed by atoms with van der Waals surface area (Å²) in [6.07, 6.45) is -0.00763. The van der Waals surface area contributed by atoms with Crippen LogP contribution in [0.25, 0.3) is 0 Å². The van der Waals surface area contributed by atoms with E-state index in [2.05, 4.69) is 10.4 Å². The number of amides is 2. The summed E-state index contributed by atoms with van der Waals surface area (Å²) in [4.78, 5) is 24.3. The first-order valence-electron chi connectivity index (χ1n) is 7.04. The summed E-state index contributed by atoms with van der Waals surface area (Å²) in [6.45, 7) is 0. The maximum atomic E-state index is 12.2. The molecule has 7 heteroatoms. The third-order valence-electron chi connectivity index (χ3n) is 3.36. The van der Waals surface area contributed by atoms with Gasteiger partial charge in [0.25, 0.3) is 11.8 Å². The average molecular weight is 339 g/mol. The van der Waals surface area contributed by atoms with Crippen molar-refractivity contribution in [1.29, 1.82) is 5.26 Å². The van der Waals surface area contributed by atoms with Crippen molar-refractivity contribution in [2.45, 2.75) is 6.42 Å². The van der Waals surface area contributed by atoms with Gasteiger partial charge in [-0.25, -0.2) is 0 Å². The van der Waals surface area contributed by atoms with Gasteiger partial charge in [-0.05, 0) is 42.5 Å². The number of hydrogen-bond acceptors (Lipinski definition) is 4. The fraction of sp³-hybridized carbons (Fsp3) is 0.0588. The molecule has 0 saturated heterocycles. The van der Waals surface area contributed by atoms with Gasteiger partial charge in [0, 0.05) is 10.6 Å². The number of nitrogens with zero attached hydrogens (tertiary/aromatic N) is 3. The van der Waals surface area contributed by atoms with Crippen molar-refractivity contribution in [2.24, 2.45) is 5.10 Å². The number of rotatable bonds is 2. The van der Waals surface area contributed by atoms with Crippen LogP contribution in [-0.4, -0.2) is 17.6 Å². The normalized spacial score (nSPS) is 13.4. The highest BCUT2D eigenvalue weighted by Gasteiger charge is 2.26. The molecule has 0 unspecified atom stereocenters. The second-order valence-corrected chi connectivity index (χ2v) is 5.49. The van der Waals surface area contributed by atoms with E-state index in [1.165, 1.54) is 11.1 Å². The van der Waals surface area contributed by atoms with Gasteiger partial charge in [-0.15, -0.1) is 0 Å². The van der Waals surface area contributed by atoms with Crippen LogP contribution in [0, 0.1) is 11.3 Å². The Balaban J connectivity index is 1.76. The van der Waals surface area contributed by atoms with Gasteiger partial charge in [0.2, 0.25) is 0 Å². The molecule has 0 bridgehead atoms. The zero-order valence-corrected chi connectivity index (χ0v) is 13.1. The molecule has 118 valence electrons. The number of hydrazone groups is 1. The number of nitrogens with one attached hydrogen (secondary N) is 1. The quantitative estimate of drug-likeness (QED) is 0.913. The van der Waals surface area contributed by atoms with Crippen molar-refractivity contribution in [3.63, 3.8) is 0 Å². The van der Waals surface area contributed by atoms with Gasteiger partial charge >= 0.3 is 0 Å². The molecule has 1 aliphatic rings. The third-order valence-corrected chi connectivity index (χ3v) is 3.60. The molecule has 2 amide bonds. The second-order valence-electron chi connectivity index (χ2n) is 5.05. The second kappa shape index (κ2) is 6.52. The lowest BCUT2D eigenvalue weighted by Gasteiger charge is -2.10. The molecule has 0 radical (unpaired) electrons. The summed E-state index contributed by atoms with van der Waals surface area (Å²) in [7, 11) is 0. The number of carbonyl (C=O) groups excluding carboxylic acids is 2. The van der Waals surface area contributed by atoms with Crippen molar-refractivity contribution >= 4 is 34.9 Å². The van der Waals surface area contributed by atoms with Crippen molar-refractivity contribution in [3.05, 3.63) is 64.7 Å². The van der Waals surface area contributed by atoms with Crippen LogP contribution in [0.5, 0.6) is 0 Å². The molecular weight excluding hydrogens is 328 g/mol. The highest BCUT2D eigenvalue weighted by molar-refractivity contribution is 6.31. The van der Waals surface area contributed by atoms with Gasteiger partial charge in [-0.1, -0.05) is 17.7 Å². The Bertz CT molecular complexity index is 884. The Morgan fingerprint density at radius 2 is 2.00 bits per heavy atom. The van der Waals surface area contributed by atoms with Gasteiger partial charge in [-0.3, -0.25) is 9.59 Å². The molecule has 24 heavy (non-hydrogen) atoms. The molecule has 0 aliphatic carbocycles. The summed E-state index contributed by atoms with van der Waals surface area (Å²) < 4.78 is 0. The van der Waals surface area contributed by atoms with Crippen LogP contribution < -0.4 is 10.3 Å². The van der Waals surface area contributed by atoms with Crippen LogP contribution in [-0.2, 0) is 4.79 Å². The van der Waals surface area contributed by atoms with E-state index in [0.29, 0.717) is 21.8 Å². The minimum absolute atomic E-state index is 0.00763. The van der Waals surface area contributed by atoms with Gasteiger partial charge in [0.1, 0.15) is 5.84 Å². The largest absolute Gasteiger partial charge is 0.308 e. The number of anilines is 1. The van der Waals surface area contributed by atoms with E-state index in [-0.39, 0.29) is 24.1 Å². The van der Waals surface area contributed by atoms with Gasteiger partial charge in [0.15, 0.2) is 0 Å². The first-order chi connectivity index (χ1) is 11.6. The van der Waals surface area contributed by atoms with Gasteiger partial charge in [-0.2, -0.15) is 15.4 Å². The summed E-state index contributed by atoms with van der Waals surface area (Å²) in [6, 6.07) is 14.9. The van der Waals surface area contributed by atoms with E-state index in [1.807, 2.05) is 6.07 Å². The van der Waals surface area contributed by atoms with Gasteiger partial charge < -0.3 is 5.32 Å². The van der Waals surface area contributed by atoms with Crippen LogP contribution in [0.1, 0.15) is 22.3 Å². The smallest absolute Gasteiger partial charge is 0.256 e. The predicted molar refractivity (Wildman–Crippen MR) is 89.6 cm³/mol. The summed E-state index contributed by atoms with van der Waals surface area (Å²) in [5, 5.41) is 17.2. The van der Waals surface area contributed by atoms with Crippen LogP contribution in [0.15, 0.2) is 53.6 Å². The molecule has 6 nitrogen and oxygen atoms in total. The number of benzene rings is 2. The Morgan fingerprint density at radius 1 is 1.25 bits per heavy atom. The minimum Gasteiger partial charge on any atom is -0.308 e. The molecule has 0 aromatic heterocycles. The van der Waals surface area contributed by atoms with E-state index < -0.39 is 0 Å². The molecule has 1 N–H and O–H groups in total. The molecule has 0 saturated carbocycles. The minimum atomic E-state index is -0.384. The Hall–Kier alpha value is -3.17. The average Bonchev–Trinajstić information content (AvgIpc) is 2.95. The number of amidine groups is 1. The van der Waals surface area contributed by atoms with Crippen LogP contribution in [0.3, 0.4) is 0 Å². The molecule has 2 aromatic rings. The fourth-order valence-corrected chi connectivity index (χ4v) is 2.40. The van der Waals surface area contributed by atoms with Crippen LogP contribution in [0.4, 0.5) is 5.69 Å². The lowest BCUT2D eigenvalue weighted by molar-refractivity contribution is -0.116. The Kier molecular flexibility index (Phi) is 4.27. The monoisotopic (exact) mass is 338 g/mol. The Morgan fingerprint density at radius 3 is 2.67 bits per heavy atom. The lowest BCUT2D eigenvalue weighted by atomic mass is 10.2. The zero-order valence-electron chi connectivity index (χ0n) is 12.4. The Labute approximate surface area is 143 Å². The zero-order chi connectivity index (χ0) is 17.1. The maximum absolute atomic E-state index is 12.2. The van der Waals surface area contributed by atoms with Crippen molar-refractivity contribution in [3.8, 4) is 6.07 Å². The number of halogens is 1. The van der Waals surface area contributed by atoms with E-state index in [1.54, 1.807) is 42.5 Å². The van der Waals surface area contributed by atoms with E-state index in [0.717, 1.165) is 0 Å². The summed E-state index contributed by atoms with van der Waals surface area (Å²) >= 11 is 5.86. The van der Waals surface area contributed by atoms with Gasteiger partial charge in [0.05, 0.1) is 23.7 Å². The topological polar surface area (TPSA) is 85.6 Å². The predicted octanol–water partition coefficient (Wildman–Crippen LogP) is 2.69. The third kappa shape index (κ3) is 3.26. The summed E-state index contributed by atoms with van der Waals surface area (Å²) in [5.41, 5.74) is 1.41. The van der Waals surface area contributed by atoms with E-state index >= 15 is 0 Å². The molecule has 1 heterocycles. The molecule has 1 aliphatic heterocycles. The fourth-order valence-electron chi connectivity index (χ4n) is 2.21. The standard InChI is InChI=1S/C17H11ClN4O2/c18-13-3-1-2-12(8-13)17(24)20-15-9-16(23)22(21-15)14-6-4-11(10-19)5-7-14/h1-8H,9H2,(H,20,21,24). The first-order valence-corrected chi connectivity index (χ1v) is 7.42. The summed E-state index contributed by atoms with van der Waals surface area (Å²) in [5.74, 6) is -0.388. The van der Waals surface area contributed by atoms with E-state index in [4.69, 9.17) is 16.9 Å². The highest BCUT2D eigenvalue weighted by Crippen LogP contribution is 2.20. The van der Waals surface area contributed by atoms with Crippen molar-refractivity contribution < 1.29 is 9.59 Å². The van der Waals surface area contributed by atoms with E-state index in [9.17, 15) is 9.59 Å². The number of nitriles is 1. The van der Waals surface area contributed by atoms with Crippen molar-refractivity contribution in [2.75, 3.05) is 5.01 Å². The molecule has 0 spiro atoms.